The minimum atomic E-state index is 0.391. The molecule has 0 aliphatic carbocycles. The number of ether oxygens (including phenoxy) is 3. The second-order valence-corrected chi connectivity index (χ2v) is 8.96. The first-order valence-electron chi connectivity index (χ1n) is 11.2. The lowest BCUT2D eigenvalue weighted by Gasteiger charge is -2.12. The number of rotatable bonds is 5. The number of benzene rings is 4. The van der Waals surface area contributed by atoms with Gasteiger partial charge >= 0.3 is 0 Å². The molecule has 186 valence electrons. The largest absolute Gasteiger partial charge is 0.493 e. The molecular formula is C30H24Cl2N2O3. The fourth-order valence-corrected chi connectivity index (χ4v) is 3.76. The molecule has 0 bridgehead atoms. The van der Waals surface area contributed by atoms with E-state index >= 15 is 0 Å². The van der Waals surface area contributed by atoms with Crippen LogP contribution in [0.4, 0.5) is 0 Å². The first kappa shape index (κ1) is 27.4. The van der Waals surface area contributed by atoms with Crippen molar-refractivity contribution in [1.29, 1.82) is 10.5 Å². The van der Waals surface area contributed by atoms with Gasteiger partial charge in [-0.1, -0.05) is 47.0 Å². The van der Waals surface area contributed by atoms with Crippen molar-refractivity contribution >= 4 is 23.2 Å². The Kier molecular flexibility index (Phi) is 9.41. The molecule has 0 radical (unpaired) electrons. The summed E-state index contributed by atoms with van der Waals surface area (Å²) < 4.78 is 16.7. The van der Waals surface area contributed by atoms with E-state index in [1.165, 1.54) is 5.56 Å². The summed E-state index contributed by atoms with van der Waals surface area (Å²) in [6.07, 6.45) is 0. The van der Waals surface area contributed by atoms with Gasteiger partial charge in [-0.3, -0.25) is 0 Å². The molecule has 0 aliphatic rings. The highest BCUT2D eigenvalue weighted by molar-refractivity contribution is 6.32. The summed E-state index contributed by atoms with van der Waals surface area (Å²) in [4.78, 5) is 0. The van der Waals surface area contributed by atoms with Crippen molar-refractivity contribution in [3.63, 3.8) is 0 Å². The lowest BCUT2D eigenvalue weighted by atomic mass is 10.1. The fraction of sp³-hybridized carbons (Fsp3) is 0.133. The van der Waals surface area contributed by atoms with Gasteiger partial charge in [0.15, 0.2) is 11.5 Å². The molecule has 0 aliphatic heterocycles. The first-order chi connectivity index (χ1) is 17.7. The smallest absolute Gasteiger partial charge is 0.169 e. The van der Waals surface area contributed by atoms with E-state index < -0.39 is 0 Å². The molecule has 0 heterocycles. The summed E-state index contributed by atoms with van der Waals surface area (Å²) in [5, 5.41) is 18.4. The highest BCUT2D eigenvalue weighted by atomic mass is 35.5. The number of hydrogen-bond donors (Lipinski definition) is 0. The number of methoxy groups -OCH3 is 1. The van der Waals surface area contributed by atoms with Gasteiger partial charge in [0, 0.05) is 0 Å². The third kappa shape index (κ3) is 7.41. The molecular weight excluding hydrogens is 507 g/mol. The van der Waals surface area contributed by atoms with Gasteiger partial charge in [-0.15, -0.1) is 0 Å². The van der Waals surface area contributed by atoms with E-state index in [9.17, 15) is 0 Å². The molecule has 0 atom stereocenters. The van der Waals surface area contributed by atoms with Crippen LogP contribution in [0.3, 0.4) is 0 Å². The maximum absolute atomic E-state index is 8.79. The number of aryl methyl sites for hydroxylation is 3. The SMILES string of the molecule is COc1ccc(C)cc1Oc1ccc(C#N)cc1Cl.Cc1ccc(Oc2ccc(C#N)cc2Cl)c(C)c1. The van der Waals surface area contributed by atoms with Crippen molar-refractivity contribution in [2.75, 3.05) is 7.11 Å². The maximum Gasteiger partial charge on any atom is 0.169 e. The van der Waals surface area contributed by atoms with Gasteiger partial charge in [0.25, 0.3) is 0 Å². The molecule has 0 amide bonds. The maximum atomic E-state index is 8.79. The number of halogens is 2. The first-order valence-corrected chi connectivity index (χ1v) is 12.0. The van der Waals surface area contributed by atoms with E-state index in [1.54, 1.807) is 43.5 Å². The van der Waals surface area contributed by atoms with Crippen molar-refractivity contribution in [3.8, 4) is 40.9 Å². The highest BCUT2D eigenvalue weighted by Crippen LogP contribution is 2.36. The van der Waals surface area contributed by atoms with Crippen LogP contribution in [0.25, 0.3) is 0 Å². The Balaban J connectivity index is 0.000000206. The Morgan fingerprint density at radius 3 is 1.49 bits per heavy atom. The Hall–Kier alpha value is -4.16. The molecule has 0 spiro atoms. The van der Waals surface area contributed by atoms with Gasteiger partial charge in [-0.25, -0.2) is 0 Å². The van der Waals surface area contributed by atoms with Crippen molar-refractivity contribution in [2.24, 2.45) is 0 Å². The monoisotopic (exact) mass is 530 g/mol. The van der Waals surface area contributed by atoms with E-state index in [-0.39, 0.29) is 0 Å². The lowest BCUT2D eigenvalue weighted by molar-refractivity contribution is 0.378. The molecule has 0 unspecified atom stereocenters. The molecule has 4 rings (SSSR count). The summed E-state index contributed by atoms with van der Waals surface area (Å²) in [6, 6.07) is 25.5. The number of nitriles is 2. The molecule has 0 saturated heterocycles. The van der Waals surface area contributed by atoms with E-state index in [1.807, 2.05) is 69.3 Å². The molecule has 0 N–H and O–H groups in total. The van der Waals surface area contributed by atoms with Gasteiger partial charge in [-0.05, 0) is 86.5 Å². The minimum absolute atomic E-state index is 0.391. The van der Waals surface area contributed by atoms with Crippen molar-refractivity contribution in [3.05, 3.63) is 111 Å². The third-order valence-electron chi connectivity index (χ3n) is 5.21. The molecule has 37 heavy (non-hydrogen) atoms. The highest BCUT2D eigenvalue weighted by Gasteiger charge is 2.10. The zero-order valence-electron chi connectivity index (χ0n) is 20.8. The van der Waals surface area contributed by atoms with Crippen LogP contribution in [0.15, 0.2) is 72.8 Å². The molecule has 4 aromatic carbocycles. The summed E-state index contributed by atoms with van der Waals surface area (Å²) in [7, 11) is 1.58. The lowest BCUT2D eigenvalue weighted by Crippen LogP contribution is -1.92. The Morgan fingerprint density at radius 2 is 1.03 bits per heavy atom. The second kappa shape index (κ2) is 12.7. The summed E-state index contributed by atoms with van der Waals surface area (Å²) in [6.45, 7) is 5.98. The Morgan fingerprint density at radius 1 is 0.568 bits per heavy atom. The van der Waals surface area contributed by atoms with Crippen LogP contribution in [0.2, 0.25) is 10.0 Å². The van der Waals surface area contributed by atoms with Crippen molar-refractivity contribution < 1.29 is 14.2 Å². The van der Waals surface area contributed by atoms with Crippen LogP contribution in [0.1, 0.15) is 27.8 Å². The minimum Gasteiger partial charge on any atom is -0.493 e. The van der Waals surface area contributed by atoms with Crippen LogP contribution < -0.4 is 14.2 Å². The zero-order valence-corrected chi connectivity index (χ0v) is 22.3. The molecule has 4 aromatic rings. The molecule has 7 heteroatoms. The van der Waals surface area contributed by atoms with Crippen LogP contribution >= 0.6 is 23.2 Å². The predicted molar refractivity (Wildman–Crippen MR) is 146 cm³/mol. The van der Waals surface area contributed by atoms with E-state index in [0.29, 0.717) is 44.2 Å². The van der Waals surface area contributed by atoms with Gasteiger partial charge in [0.05, 0.1) is 40.4 Å². The summed E-state index contributed by atoms with van der Waals surface area (Å²) in [5.41, 5.74) is 4.31. The normalized spacial score (nSPS) is 9.84. The molecule has 0 saturated carbocycles. The average molecular weight is 531 g/mol. The number of nitrogens with zero attached hydrogens (tertiary/aromatic N) is 2. The number of hydrogen-bond acceptors (Lipinski definition) is 5. The Labute approximate surface area is 227 Å². The van der Waals surface area contributed by atoms with Crippen molar-refractivity contribution in [2.45, 2.75) is 20.8 Å². The summed E-state index contributed by atoms with van der Waals surface area (Å²) in [5.74, 6) is 3.04. The third-order valence-corrected chi connectivity index (χ3v) is 5.80. The topological polar surface area (TPSA) is 75.3 Å². The summed E-state index contributed by atoms with van der Waals surface area (Å²) >= 11 is 12.1. The van der Waals surface area contributed by atoms with Crippen LogP contribution in [-0.4, -0.2) is 7.11 Å². The fourth-order valence-electron chi connectivity index (χ4n) is 3.32. The zero-order chi connectivity index (χ0) is 26.9. The van der Waals surface area contributed by atoms with Gasteiger partial charge < -0.3 is 14.2 Å². The van der Waals surface area contributed by atoms with Crippen LogP contribution in [0, 0.1) is 43.4 Å². The predicted octanol–water partition coefficient (Wildman–Crippen LogP) is 8.94. The molecule has 0 aromatic heterocycles. The van der Waals surface area contributed by atoms with Crippen molar-refractivity contribution in [1.82, 2.24) is 0 Å². The van der Waals surface area contributed by atoms with Gasteiger partial charge in [0.1, 0.15) is 17.2 Å². The van der Waals surface area contributed by atoms with Crippen LogP contribution in [-0.2, 0) is 0 Å². The van der Waals surface area contributed by atoms with E-state index in [2.05, 4.69) is 0 Å². The average Bonchev–Trinajstić information content (AvgIpc) is 2.88. The quantitative estimate of drug-likeness (QED) is 0.257. The second-order valence-electron chi connectivity index (χ2n) is 8.14. The van der Waals surface area contributed by atoms with E-state index in [0.717, 1.165) is 16.9 Å². The van der Waals surface area contributed by atoms with Crippen LogP contribution in [0.5, 0.6) is 28.7 Å². The standard InChI is InChI=1S/C15H12ClNO2.C15H12ClNO/c1-10-3-5-14(18-2)15(7-10)19-13-6-4-11(9-17)8-12(13)16;1-10-3-5-14(11(2)7-10)18-15-6-4-12(9-17)8-13(15)16/h3-8H,1-2H3;3-8H,1-2H3. The van der Waals surface area contributed by atoms with Gasteiger partial charge in [0.2, 0.25) is 0 Å². The molecule has 5 nitrogen and oxygen atoms in total. The van der Waals surface area contributed by atoms with Gasteiger partial charge in [-0.2, -0.15) is 10.5 Å². The van der Waals surface area contributed by atoms with E-state index in [4.69, 9.17) is 47.9 Å². The Bertz CT molecular complexity index is 1500. The molecule has 0 fully saturated rings.